The van der Waals surface area contributed by atoms with Gasteiger partial charge in [0.25, 0.3) is 0 Å². The van der Waals surface area contributed by atoms with Gasteiger partial charge in [-0.3, -0.25) is 0 Å². The van der Waals surface area contributed by atoms with Crippen molar-refractivity contribution in [2.75, 3.05) is 11.9 Å². The van der Waals surface area contributed by atoms with Crippen molar-refractivity contribution in [1.82, 2.24) is 0 Å². The van der Waals surface area contributed by atoms with Gasteiger partial charge in [0, 0.05) is 19.2 Å². The summed E-state index contributed by atoms with van der Waals surface area (Å²) in [4.78, 5) is 1.97. The quantitative estimate of drug-likeness (QED) is 0.833. The fraction of sp³-hybridized carbons (Fsp3) is 0.154. The zero-order valence-electron chi connectivity index (χ0n) is 9.35. The molecule has 0 saturated carbocycles. The average molecular weight is 247 g/mol. The van der Waals surface area contributed by atoms with Crippen LogP contribution < -0.4 is 4.90 Å². The number of anilines is 1. The van der Waals surface area contributed by atoms with Gasteiger partial charge in [-0.25, -0.2) is 0 Å². The number of nitriles is 1. The first-order chi connectivity index (χ1) is 8.22. The standard InChI is InChI=1S/C13H11ClN2O/c1-16(8-10-5-6-17-9-10)13-4-2-3-12(14)11(13)7-15/h2-6,9H,8H2,1H3. The van der Waals surface area contributed by atoms with Crippen molar-refractivity contribution in [2.45, 2.75) is 6.54 Å². The topological polar surface area (TPSA) is 40.2 Å². The van der Waals surface area contributed by atoms with Crippen molar-refractivity contribution in [3.63, 3.8) is 0 Å². The minimum Gasteiger partial charge on any atom is -0.472 e. The normalized spacial score (nSPS) is 9.94. The van der Waals surface area contributed by atoms with E-state index in [2.05, 4.69) is 6.07 Å². The molecular formula is C13H11ClN2O. The lowest BCUT2D eigenvalue weighted by Crippen LogP contribution is -2.17. The predicted molar refractivity (Wildman–Crippen MR) is 67.0 cm³/mol. The molecule has 0 radical (unpaired) electrons. The van der Waals surface area contributed by atoms with Crippen molar-refractivity contribution >= 4 is 17.3 Å². The molecule has 0 aliphatic carbocycles. The number of nitrogens with zero attached hydrogens (tertiary/aromatic N) is 2. The summed E-state index contributed by atoms with van der Waals surface area (Å²) in [6.45, 7) is 0.672. The lowest BCUT2D eigenvalue weighted by Gasteiger charge is -2.20. The van der Waals surface area contributed by atoms with Crippen LogP contribution in [-0.4, -0.2) is 7.05 Å². The van der Waals surface area contributed by atoms with E-state index in [1.807, 2.05) is 30.1 Å². The van der Waals surface area contributed by atoms with Crippen LogP contribution in [0.1, 0.15) is 11.1 Å². The molecule has 17 heavy (non-hydrogen) atoms. The molecule has 0 N–H and O–H groups in total. The van der Waals surface area contributed by atoms with Gasteiger partial charge in [-0.15, -0.1) is 0 Å². The molecule has 0 aliphatic heterocycles. The lowest BCUT2D eigenvalue weighted by atomic mass is 10.1. The second kappa shape index (κ2) is 4.94. The summed E-state index contributed by atoms with van der Waals surface area (Å²) in [5.74, 6) is 0. The Balaban J connectivity index is 2.28. The molecule has 0 amide bonds. The Kier molecular flexibility index (Phi) is 3.36. The molecule has 0 saturated heterocycles. The number of benzene rings is 1. The Morgan fingerprint density at radius 1 is 1.41 bits per heavy atom. The molecular weight excluding hydrogens is 236 g/mol. The summed E-state index contributed by atoms with van der Waals surface area (Å²) in [6.07, 6.45) is 3.32. The summed E-state index contributed by atoms with van der Waals surface area (Å²) in [5.41, 5.74) is 2.37. The Morgan fingerprint density at radius 2 is 2.24 bits per heavy atom. The van der Waals surface area contributed by atoms with Crippen molar-refractivity contribution < 1.29 is 4.42 Å². The number of halogens is 1. The number of furan rings is 1. The summed E-state index contributed by atoms with van der Waals surface area (Å²) in [5, 5.41) is 9.57. The van der Waals surface area contributed by atoms with Crippen molar-refractivity contribution in [3.8, 4) is 6.07 Å². The molecule has 0 bridgehead atoms. The van der Waals surface area contributed by atoms with Crippen LogP contribution in [0.3, 0.4) is 0 Å². The summed E-state index contributed by atoms with van der Waals surface area (Å²) >= 11 is 5.99. The van der Waals surface area contributed by atoms with Crippen LogP contribution in [0.4, 0.5) is 5.69 Å². The van der Waals surface area contributed by atoms with Gasteiger partial charge < -0.3 is 9.32 Å². The smallest absolute Gasteiger partial charge is 0.103 e. The summed E-state index contributed by atoms with van der Waals surface area (Å²) in [7, 11) is 1.92. The number of rotatable bonds is 3. The van der Waals surface area contributed by atoms with E-state index in [0.29, 0.717) is 17.1 Å². The Bertz CT molecular complexity index is 543. The zero-order chi connectivity index (χ0) is 12.3. The van der Waals surface area contributed by atoms with E-state index < -0.39 is 0 Å². The summed E-state index contributed by atoms with van der Waals surface area (Å²) in [6, 6.07) is 9.46. The maximum Gasteiger partial charge on any atom is 0.103 e. The average Bonchev–Trinajstić information content (AvgIpc) is 2.81. The minimum atomic E-state index is 0.476. The molecule has 1 aromatic carbocycles. The molecule has 3 nitrogen and oxygen atoms in total. The first kappa shape index (κ1) is 11.6. The van der Waals surface area contributed by atoms with Crippen LogP contribution in [0, 0.1) is 11.3 Å². The number of hydrogen-bond donors (Lipinski definition) is 0. The molecule has 4 heteroatoms. The second-order valence-corrected chi connectivity index (χ2v) is 4.14. The van der Waals surface area contributed by atoms with Crippen LogP contribution in [0.15, 0.2) is 41.2 Å². The highest BCUT2D eigenvalue weighted by Crippen LogP contribution is 2.26. The maximum absolute atomic E-state index is 9.09. The second-order valence-electron chi connectivity index (χ2n) is 3.73. The van der Waals surface area contributed by atoms with Gasteiger partial charge in [0.1, 0.15) is 6.07 Å². The predicted octanol–water partition coefficient (Wildman–Crippen LogP) is 3.44. The van der Waals surface area contributed by atoms with E-state index in [0.717, 1.165) is 11.3 Å². The molecule has 2 rings (SSSR count). The third kappa shape index (κ3) is 2.43. The van der Waals surface area contributed by atoms with Crippen molar-refractivity contribution in [1.29, 1.82) is 5.26 Å². The van der Waals surface area contributed by atoms with E-state index >= 15 is 0 Å². The van der Waals surface area contributed by atoms with Crippen molar-refractivity contribution in [3.05, 3.63) is 52.9 Å². The van der Waals surface area contributed by atoms with E-state index in [9.17, 15) is 0 Å². The highest BCUT2D eigenvalue weighted by molar-refractivity contribution is 6.32. The van der Waals surface area contributed by atoms with Gasteiger partial charge >= 0.3 is 0 Å². The third-order valence-corrected chi connectivity index (χ3v) is 2.83. The number of hydrogen-bond acceptors (Lipinski definition) is 3. The van der Waals surface area contributed by atoms with E-state index in [1.165, 1.54) is 0 Å². The fourth-order valence-corrected chi connectivity index (χ4v) is 1.89. The minimum absolute atomic E-state index is 0.476. The Labute approximate surface area is 105 Å². The highest BCUT2D eigenvalue weighted by atomic mass is 35.5. The van der Waals surface area contributed by atoms with Crippen LogP contribution in [0.2, 0.25) is 5.02 Å². The van der Waals surface area contributed by atoms with Gasteiger partial charge in [-0.1, -0.05) is 17.7 Å². The van der Waals surface area contributed by atoms with Crippen LogP contribution in [0.5, 0.6) is 0 Å². The zero-order valence-corrected chi connectivity index (χ0v) is 10.1. The van der Waals surface area contributed by atoms with Crippen LogP contribution in [-0.2, 0) is 6.54 Å². The maximum atomic E-state index is 9.09. The van der Waals surface area contributed by atoms with E-state index in [4.69, 9.17) is 21.3 Å². The van der Waals surface area contributed by atoms with E-state index in [-0.39, 0.29) is 0 Å². The molecule has 86 valence electrons. The Hall–Kier alpha value is -1.92. The first-order valence-electron chi connectivity index (χ1n) is 5.13. The molecule has 0 fully saturated rings. The first-order valence-corrected chi connectivity index (χ1v) is 5.51. The van der Waals surface area contributed by atoms with Gasteiger partial charge in [-0.05, 0) is 18.2 Å². The van der Waals surface area contributed by atoms with Crippen molar-refractivity contribution in [2.24, 2.45) is 0 Å². The van der Waals surface area contributed by atoms with Gasteiger partial charge in [0.15, 0.2) is 0 Å². The summed E-state index contributed by atoms with van der Waals surface area (Å²) < 4.78 is 5.01. The molecule has 1 heterocycles. The van der Waals surface area contributed by atoms with Gasteiger partial charge in [0.05, 0.1) is 28.8 Å². The molecule has 0 atom stereocenters. The van der Waals surface area contributed by atoms with Gasteiger partial charge in [0.2, 0.25) is 0 Å². The SMILES string of the molecule is CN(Cc1ccoc1)c1cccc(Cl)c1C#N. The molecule has 0 spiro atoms. The van der Waals surface area contributed by atoms with Crippen LogP contribution >= 0.6 is 11.6 Å². The monoisotopic (exact) mass is 246 g/mol. The Morgan fingerprint density at radius 3 is 2.88 bits per heavy atom. The fourth-order valence-electron chi connectivity index (χ4n) is 1.68. The lowest BCUT2D eigenvalue weighted by molar-refractivity contribution is 0.563. The molecule has 2 aromatic rings. The third-order valence-electron chi connectivity index (χ3n) is 2.51. The largest absolute Gasteiger partial charge is 0.472 e. The highest BCUT2D eigenvalue weighted by Gasteiger charge is 2.11. The molecule has 0 aliphatic rings. The van der Waals surface area contributed by atoms with E-state index in [1.54, 1.807) is 18.6 Å². The van der Waals surface area contributed by atoms with Crippen LogP contribution in [0.25, 0.3) is 0 Å². The molecule has 1 aromatic heterocycles. The van der Waals surface area contributed by atoms with Gasteiger partial charge in [-0.2, -0.15) is 5.26 Å². The molecule has 0 unspecified atom stereocenters.